The Kier molecular flexibility index (Phi) is 4.40. The number of nitrogen functional groups attached to an aromatic ring is 1. The molecule has 0 aliphatic carbocycles. The van der Waals surface area contributed by atoms with E-state index in [0.717, 1.165) is 37.1 Å². The van der Waals surface area contributed by atoms with E-state index in [0.29, 0.717) is 31.4 Å². The highest BCUT2D eigenvalue weighted by atomic mass is 16.2. The average Bonchev–Trinajstić information content (AvgIpc) is 3.15. The Morgan fingerprint density at radius 1 is 1.00 bits per heavy atom. The number of likely N-dealkylation sites (tertiary alicyclic amines) is 1. The Bertz CT molecular complexity index is 765. The summed E-state index contributed by atoms with van der Waals surface area (Å²) >= 11 is 0. The molecule has 0 unspecified atom stereocenters. The molecule has 2 aromatic rings. The number of rotatable bonds is 3. The van der Waals surface area contributed by atoms with Gasteiger partial charge in [-0.15, -0.1) is 0 Å². The van der Waals surface area contributed by atoms with Crippen molar-refractivity contribution in [1.29, 1.82) is 0 Å². The molecule has 4 rings (SSSR count). The number of benzene rings is 1. The summed E-state index contributed by atoms with van der Waals surface area (Å²) in [6.07, 6.45) is 2.42. The fourth-order valence-electron chi connectivity index (χ4n) is 3.62. The first-order chi connectivity index (χ1) is 12.2. The monoisotopic (exact) mass is 340 g/mol. The molecule has 0 atom stereocenters. The zero-order valence-corrected chi connectivity index (χ0v) is 14.4. The average molecular weight is 340 g/mol. The second-order valence-electron chi connectivity index (χ2n) is 6.78. The molecule has 2 aliphatic rings. The van der Waals surface area contributed by atoms with Crippen molar-refractivity contribution in [2.45, 2.75) is 12.8 Å². The number of carbonyl (C=O) groups excluding carboxylic acids is 1. The first-order valence-electron chi connectivity index (χ1n) is 8.98. The quantitative estimate of drug-likeness (QED) is 0.896. The molecular formula is C18H24N6O. The van der Waals surface area contributed by atoms with E-state index in [2.05, 4.69) is 19.8 Å². The predicted octanol–water partition coefficient (Wildman–Crippen LogP) is 0.956. The molecule has 0 bridgehead atoms. The van der Waals surface area contributed by atoms with Crippen LogP contribution < -0.4 is 10.6 Å². The topological polar surface area (TPSA) is 78.6 Å². The Hall–Kier alpha value is -2.41. The summed E-state index contributed by atoms with van der Waals surface area (Å²) in [4.78, 5) is 27.9. The van der Waals surface area contributed by atoms with E-state index in [1.807, 2.05) is 29.2 Å². The first-order valence-corrected chi connectivity index (χ1v) is 8.98. The fraction of sp³-hybridized carbons (Fsp3) is 0.500. The van der Waals surface area contributed by atoms with E-state index < -0.39 is 0 Å². The molecule has 0 saturated carbocycles. The van der Waals surface area contributed by atoms with Crippen LogP contribution in [0.5, 0.6) is 0 Å². The lowest BCUT2D eigenvalue weighted by Gasteiger charge is -2.35. The van der Waals surface area contributed by atoms with Crippen LogP contribution in [0.1, 0.15) is 12.8 Å². The molecule has 7 heteroatoms. The maximum Gasteiger partial charge on any atom is 0.236 e. The number of carbonyl (C=O) groups is 1. The molecule has 0 spiro atoms. The smallest absolute Gasteiger partial charge is 0.236 e. The van der Waals surface area contributed by atoms with Crippen molar-refractivity contribution < 1.29 is 4.79 Å². The van der Waals surface area contributed by atoms with Crippen LogP contribution in [0.4, 0.5) is 11.8 Å². The molecule has 132 valence electrons. The predicted molar refractivity (Wildman–Crippen MR) is 98.4 cm³/mol. The van der Waals surface area contributed by atoms with Crippen LogP contribution in [0.15, 0.2) is 24.3 Å². The Morgan fingerprint density at radius 2 is 1.72 bits per heavy atom. The van der Waals surface area contributed by atoms with Crippen LogP contribution in [-0.2, 0) is 4.79 Å². The van der Waals surface area contributed by atoms with Gasteiger partial charge in [0.15, 0.2) is 0 Å². The normalized spacial score (nSPS) is 18.9. The van der Waals surface area contributed by atoms with E-state index in [4.69, 9.17) is 5.73 Å². The number of fused-ring (bicyclic) bond motifs is 1. The SMILES string of the molecule is Nc1nc(N2CCN(C(=O)CN3CCCC3)CC2)nc2ccccc12. The third kappa shape index (κ3) is 3.37. The van der Waals surface area contributed by atoms with Crippen LogP contribution in [0.25, 0.3) is 10.9 Å². The van der Waals surface area contributed by atoms with Gasteiger partial charge < -0.3 is 15.5 Å². The highest BCUT2D eigenvalue weighted by Crippen LogP contribution is 2.21. The largest absolute Gasteiger partial charge is 0.383 e. The minimum Gasteiger partial charge on any atom is -0.383 e. The number of anilines is 2. The lowest BCUT2D eigenvalue weighted by atomic mass is 10.2. The molecular weight excluding hydrogens is 316 g/mol. The number of aromatic nitrogens is 2. The van der Waals surface area contributed by atoms with Crippen LogP contribution in [0, 0.1) is 0 Å². The minimum atomic E-state index is 0.237. The van der Waals surface area contributed by atoms with Gasteiger partial charge in [-0.2, -0.15) is 4.98 Å². The van der Waals surface area contributed by atoms with E-state index >= 15 is 0 Å². The summed E-state index contributed by atoms with van der Waals surface area (Å²) in [5.41, 5.74) is 6.94. The molecule has 1 aromatic heterocycles. The van der Waals surface area contributed by atoms with Crippen molar-refractivity contribution in [2.24, 2.45) is 0 Å². The summed E-state index contributed by atoms with van der Waals surface area (Å²) in [7, 11) is 0. The number of hydrogen-bond donors (Lipinski definition) is 1. The fourth-order valence-corrected chi connectivity index (χ4v) is 3.62. The van der Waals surface area contributed by atoms with Crippen molar-refractivity contribution >= 4 is 28.6 Å². The van der Waals surface area contributed by atoms with Gasteiger partial charge in [-0.1, -0.05) is 12.1 Å². The molecule has 2 aliphatic heterocycles. The van der Waals surface area contributed by atoms with Gasteiger partial charge >= 0.3 is 0 Å². The summed E-state index contributed by atoms with van der Waals surface area (Å²) in [5.74, 6) is 1.40. The van der Waals surface area contributed by atoms with Gasteiger partial charge in [0.2, 0.25) is 11.9 Å². The summed E-state index contributed by atoms with van der Waals surface area (Å²) in [5, 5.41) is 0.880. The zero-order valence-electron chi connectivity index (χ0n) is 14.4. The molecule has 2 saturated heterocycles. The maximum atomic E-state index is 12.4. The van der Waals surface area contributed by atoms with Crippen molar-refractivity contribution in [3.05, 3.63) is 24.3 Å². The third-order valence-electron chi connectivity index (χ3n) is 5.09. The lowest BCUT2D eigenvalue weighted by molar-refractivity contribution is -0.132. The van der Waals surface area contributed by atoms with Crippen LogP contribution in [-0.4, -0.2) is 71.5 Å². The molecule has 2 fully saturated rings. The summed E-state index contributed by atoms with van der Waals surface area (Å²) in [6, 6.07) is 7.77. The van der Waals surface area contributed by atoms with Crippen LogP contribution in [0.3, 0.4) is 0 Å². The van der Waals surface area contributed by atoms with Crippen molar-refractivity contribution in [3.8, 4) is 0 Å². The maximum absolute atomic E-state index is 12.4. The number of para-hydroxylation sites is 1. The van der Waals surface area contributed by atoms with Crippen LogP contribution in [0.2, 0.25) is 0 Å². The van der Waals surface area contributed by atoms with E-state index in [1.165, 1.54) is 12.8 Å². The molecule has 3 heterocycles. The zero-order chi connectivity index (χ0) is 17.2. The lowest BCUT2D eigenvalue weighted by Crippen LogP contribution is -2.51. The Labute approximate surface area is 147 Å². The summed E-state index contributed by atoms with van der Waals surface area (Å²) in [6.45, 7) is 5.56. The van der Waals surface area contributed by atoms with Gasteiger partial charge in [-0.05, 0) is 38.1 Å². The Balaban J connectivity index is 1.40. The van der Waals surface area contributed by atoms with Crippen LogP contribution >= 0.6 is 0 Å². The van der Waals surface area contributed by atoms with Gasteiger partial charge in [-0.3, -0.25) is 9.69 Å². The van der Waals surface area contributed by atoms with E-state index in [-0.39, 0.29) is 5.91 Å². The van der Waals surface area contributed by atoms with Gasteiger partial charge in [0.1, 0.15) is 5.82 Å². The molecule has 1 amide bonds. The number of amides is 1. The molecule has 0 radical (unpaired) electrons. The first kappa shape index (κ1) is 16.1. The van der Waals surface area contributed by atoms with Crippen molar-refractivity contribution in [3.63, 3.8) is 0 Å². The number of piperazine rings is 1. The van der Waals surface area contributed by atoms with Gasteiger partial charge in [0.25, 0.3) is 0 Å². The van der Waals surface area contributed by atoms with Crippen molar-refractivity contribution in [1.82, 2.24) is 19.8 Å². The number of nitrogens with two attached hydrogens (primary N) is 1. The van der Waals surface area contributed by atoms with E-state index in [9.17, 15) is 4.79 Å². The number of hydrogen-bond acceptors (Lipinski definition) is 6. The van der Waals surface area contributed by atoms with Gasteiger partial charge in [0, 0.05) is 31.6 Å². The highest BCUT2D eigenvalue weighted by molar-refractivity contribution is 5.88. The van der Waals surface area contributed by atoms with E-state index in [1.54, 1.807) is 0 Å². The second-order valence-corrected chi connectivity index (χ2v) is 6.78. The van der Waals surface area contributed by atoms with Gasteiger partial charge in [0.05, 0.1) is 12.1 Å². The second kappa shape index (κ2) is 6.84. The third-order valence-corrected chi connectivity index (χ3v) is 5.09. The molecule has 7 nitrogen and oxygen atoms in total. The summed E-state index contributed by atoms with van der Waals surface area (Å²) < 4.78 is 0. The molecule has 25 heavy (non-hydrogen) atoms. The molecule has 1 aromatic carbocycles. The highest BCUT2D eigenvalue weighted by Gasteiger charge is 2.25. The molecule has 2 N–H and O–H groups in total. The number of nitrogens with zero attached hydrogens (tertiary/aromatic N) is 5. The van der Waals surface area contributed by atoms with Gasteiger partial charge in [-0.25, -0.2) is 4.98 Å². The standard InChI is InChI=1S/C18H24N6O/c19-17-14-5-1-2-6-15(14)20-18(21-17)24-11-9-23(10-12-24)16(25)13-22-7-3-4-8-22/h1-2,5-6H,3-4,7-13H2,(H2,19,20,21). The Morgan fingerprint density at radius 3 is 2.48 bits per heavy atom. The minimum absolute atomic E-state index is 0.237. The van der Waals surface area contributed by atoms with Crippen molar-refractivity contribution in [2.75, 3.05) is 56.4 Å².